The van der Waals surface area contributed by atoms with Crippen molar-refractivity contribution < 1.29 is 4.79 Å². The van der Waals surface area contributed by atoms with Gasteiger partial charge in [-0.3, -0.25) is 9.69 Å². The molecule has 1 amide bonds. The van der Waals surface area contributed by atoms with Gasteiger partial charge in [-0.1, -0.05) is 0 Å². The van der Waals surface area contributed by atoms with E-state index in [1.165, 1.54) is 16.9 Å². The van der Waals surface area contributed by atoms with Crippen molar-refractivity contribution in [1.29, 1.82) is 0 Å². The maximum Gasteiger partial charge on any atom is 0.230 e. The topological polar surface area (TPSA) is 50.2 Å². The SMILES string of the molecule is Cc1ccsc1CN1Cc2ncn(C)c2[C@H](C(=O)NC2CCC2)C1. The summed E-state index contributed by atoms with van der Waals surface area (Å²) >= 11 is 1.79. The average Bonchev–Trinajstić information content (AvgIpc) is 3.09. The molecule has 1 aliphatic carbocycles. The number of aromatic nitrogens is 2. The van der Waals surface area contributed by atoms with E-state index in [2.05, 4.69) is 33.6 Å². The summed E-state index contributed by atoms with van der Waals surface area (Å²) in [4.78, 5) is 21.1. The third-order valence-electron chi connectivity index (χ3n) is 5.31. The fourth-order valence-electron chi connectivity index (χ4n) is 3.63. The van der Waals surface area contributed by atoms with Gasteiger partial charge in [0, 0.05) is 37.6 Å². The minimum atomic E-state index is -0.123. The maximum absolute atomic E-state index is 12.9. The molecule has 1 aliphatic heterocycles. The van der Waals surface area contributed by atoms with Gasteiger partial charge in [-0.25, -0.2) is 4.98 Å². The van der Waals surface area contributed by atoms with E-state index in [0.29, 0.717) is 6.04 Å². The van der Waals surface area contributed by atoms with Crippen molar-refractivity contribution in [1.82, 2.24) is 19.8 Å². The van der Waals surface area contributed by atoms with Crippen LogP contribution in [0, 0.1) is 6.92 Å². The number of nitrogens with zero attached hydrogens (tertiary/aromatic N) is 3. The number of rotatable bonds is 4. The Morgan fingerprint density at radius 1 is 1.46 bits per heavy atom. The number of aryl methyl sites for hydroxylation is 2. The lowest BCUT2D eigenvalue weighted by Gasteiger charge is -2.34. The first kappa shape index (κ1) is 15.8. The molecule has 2 aliphatic rings. The molecule has 0 unspecified atom stereocenters. The molecular weight excluding hydrogens is 320 g/mol. The van der Waals surface area contributed by atoms with Crippen molar-refractivity contribution in [2.45, 2.75) is 51.2 Å². The first-order chi connectivity index (χ1) is 11.6. The van der Waals surface area contributed by atoms with E-state index in [1.807, 2.05) is 17.9 Å². The van der Waals surface area contributed by atoms with Gasteiger partial charge in [0.2, 0.25) is 5.91 Å². The van der Waals surface area contributed by atoms with Crippen LogP contribution in [0.3, 0.4) is 0 Å². The molecule has 1 saturated carbocycles. The zero-order valence-corrected chi connectivity index (χ0v) is 15.1. The van der Waals surface area contributed by atoms with Gasteiger partial charge in [0.25, 0.3) is 0 Å². The van der Waals surface area contributed by atoms with Crippen LogP contribution in [0.1, 0.15) is 47.0 Å². The highest BCUT2D eigenvalue weighted by Gasteiger charge is 2.35. The first-order valence-electron chi connectivity index (χ1n) is 8.67. The van der Waals surface area contributed by atoms with E-state index in [0.717, 1.165) is 43.9 Å². The van der Waals surface area contributed by atoms with Gasteiger partial charge in [-0.05, 0) is 43.2 Å². The normalized spacial score (nSPS) is 21.3. The fraction of sp³-hybridized carbons (Fsp3) is 0.556. The molecule has 0 bridgehead atoms. The average molecular weight is 344 g/mol. The summed E-state index contributed by atoms with van der Waals surface area (Å²) in [6.45, 7) is 4.64. The molecule has 1 atom stereocenters. The van der Waals surface area contributed by atoms with Crippen molar-refractivity contribution in [3.8, 4) is 0 Å². The van der Waals surface area contributed by atoms with Gasteiger partial charge in [0.15, 0.2) is 0 Å². The summed E-state index contributed by atoms with van der Waals surface area (Å²) in [7, 11) is 1.99. The highest BCUT2D eigenvalue weighted by molar-refractivity contribution is 7.10. The monoisotopic (exact) mass is 344 g/mol. The molecule has 1 fully saturated rings. The van der Waals surface area contributed by atoms with Crippen LogP contribution in [0.15, 0.2) is 17.8 Å². The van der Waals surface area contributed by atoms with E-state index in [1.54, 1.807) is 11.3 Å². The third-order valence-corrected chi connectivity index (χ3v) is 6.32. The number of imidazole rings is 1. The summed E-state index contributed by atoms with van der Waals surface area (Å²) in [6.07, 6.45) is 5.31. The zero-order valence-electron chi connectivity index (χ0n) is 14.3. The summed E-state index contributed by atoms with van der Waals surface area (Å²) in [5.74, 6) is 0.0410. The van der Waals surface area contributed by atoms with Crippen molar-refractivity contribution in [2.24, 2.45) is 7.05 Å². The Kier molecular flexibility index (Phi) is 4.18. The van der Waals surface area contributed by atoms with E-state index in [4.69, 9.17) is 0 Å². The fourth-order valence-corrected chi connectivity index (χ4v) is 4.58. The predicted molar refractivity (Wildman–Crippen MR) is 94.9 cm³/mol. The van der Waals surface area contributed by atoms with Gasteiger partial charge in [0.05, 0.1) is 23.6 Å². The molecule has 5 nitrogen and oxygen atoms in total. The Bertz CT molecular complexity index is 746. The van der Waals surface area contributed by atoms with Gasteiger partial charge < -0.3 is 9.88 Å². The highest BCUT2D eigenvalue weighted by Crippen LogP contribution is 2.30. The van der Waals surface area contributed by atoms with Gasteiger partial charge >= 0.3 is 0 Å². The minimum Gasteiger partial charge on any atom is -0.353 e. The van der Waals surface area contributed by atoms with E-state index >= 15 is 0 Å². The van der Waals surface area contributed by atoms with Crippen molar-refractivity contribution in [3.05, 3.63) is 39.6 Å². The lowest BCUT2D eigenvalue weighted by atomic mass is 9.91. The molecular formula is C18H24N4OS. The van der Waals surface area contributed by atoms with Crippen LogP contribution in [0.2, 0.25) is 0 Å². The second kappa shape index (κ2) is 6.33. The molecule has 128 valence electrons. The Balaban J connectivity index is 1.55. The van der Waals surface area contributed by atoms with Crippen LogP contribution >= 0.6 is 11.3 Å². The summed E-state index contributed by atoms with van der Waals surface area (Å²) in [5.41, 5.74) is 3.47. The number of carbonyl (C=O) groups is 1. The summed E-state index contributed by atoms with van der Waals surface area (Å²) in [6, 6.07) is 2.54. The van der Waals surface area contributed by atoms with E-state index in [9.17, 15) is 4.79 Å². The first-order valence-corrected chi connectivity index (χ1v) is 9.55. The van der Waals surface area contributed by atoms with Crippen molar-refractivity contribution >= 4 is 17.2 Å². The third kappa shape index (κ3) is 2.89. The van der Waals surface area contributed by atoms with Crippen LogP contribution in [0.5, 0.6) is 0 Å². The number of carbonyl (C=O) groups excluding carboxylic acids is 1. The predicted octanol–water partition coefficient (Wildman–Crippen LogP) is 2.56. The van der Waals surface area contributed by atoms with Crippen LogP contribution in [0.4, 0.5) is 0 Å². The Morgan fingerprint density at radius 3 is 2.96 bits per heavy atom. The standard InChI is InChI=1S/C18H24N4OS/c1-12-6-7-24-16(12)10-22-8-14(18(23)20-13-4-3-5-13)17-15(9-22)19-11-21(17)2/h6-7,11,13-14H,3-5,8-10H2,1-2H3,(H,20,23)/t14-/m1/s1. The molecule has 0 saturated heterocycles. The van der Waals surface area contributed by atoms with Crippen LogP contribution in [0.25, 0.3) is 0 Å². The molecule has 24 heavy (non-hydrogen) atoms. The number of hydrogen-bond acceptors (Lipinski definition) is 4. The smallest absolute Gasteiger partial charge is 0.230 e. The Labute approximate surface area is 146 Å². The number of fused-ring (bicyclic) bond motifs is 1. The number of hydrogen-bond donors (Lipinski definition) is 1. The largest absolute Gasteiger partial charge is 0.353 e. The van der Waals surface area contributed by atoms with E-state index < -0.39 is 0 Å². The summed E-state index contributed by atoms with van der Waals surface area (Å²) in [5, 5.41) is 5.37. The van der Waals surface area contributed by atoms with E-state index in [-0.39, 0.29) is 11.8 Å². The highest BCUT2D eigenvalue weighted by atomic mass is 32.1. The Hall–Kier alpha value is -1.66. The number of amides is 1. The van der Waals surface area contributed by atoms with Crippen LogP contribution < -0.4 is 5.32 Å². The molecule has 0 radical (unpaired) electrons. The lowest BCUT2D eigenvalue weighted by Crippen LogP contribution is -2.46. The minimum absolute atomic E-state index is 0.123. The number of nitrogens with one attached hydrogen (secondary N) is 1. The molecule has 0 aromatic carbocycles. The summed E-state index contributed by atoms with van der Waals surface area (Å²) < 4.78 is 2.02. The molecule has 6 heteroatoms. The molecule has 2 aromatic heterocycles. The van der Waals surface area contributed by atoms with Crippen molar-refractivity contribution in [2.75, 3.05) is 6.54 Å². The lowest BCUT2D eigenvalue weighted by molar-refractivity contribution is -0.124. The zero-order chi connectivity index (χ0) is 16.7. The molecule has 2 aromatic rings. The Morgan fingerprint density at radius 2 is 2.29 bits per heavy atom. The van der Waals surface area contributed by atoms with Crippen molar-refractivity contribution in [3.63, 3.8) is 0 Å². The second-order valence-electron chi connectivity index (χ2n) is 7.07. The van der Waals surface area contributed by atoms with Gasteiger partial charge in [-0.2, -0.15) is 0 Å². The van der Waals surface area contributed by atoms with Gasteiger partial charge in [-0.15, -0.1) is 11.3 Å². The molecule has 4 rings (SSSR count). The molecule has 0 spiro atoms. The maximum atomic E-state index is 12.9. The molecule has 3 heterocycles. The molecule has 1 N–H and O–H groups in total. The quantitative estimate of drug-likeness (QED) is 0.927. The van der Waals surface area contributed by atoms with Crippen LogP contribution in [-0.4, -0.2) is 32.9 Å². The van der Waals surface area contributed by atoms with Crippen LogP contribution in [-0.2, 0) is 24.9 Å². The van der Waals surface area contributed by atoms with Gasteiger partial charge in [0.1, 0.15) is 0 Å². The number of thiophene rings is 1. The second-order valence-corrected chi connectivity index (χ2v) is 8.07.